The molecule has 2 aromatic heterocycles. The summed E-state index contributed by atoms with van der Waals surface area (Å²) in [5.74, 6) is -0.532. The van der Waals surface area contributed by atoms with Crippen molar-refractivity contribution in [3.8, 4) is 0 Å². The Balaban J connectivity index is 1.66. The average molecular weight is 328 g/mol. The molecule has 23 heavy (non-hydrogen) atoms. The van der Waals surface area contributed by atoms with E-state index >= 15 is 0 Å². The third-order valence-electron chi connectivity index (χ3n) is 4.38. The number of carbonyl (C=O) groups is 1. The van der Waals surface area contributed by atoms with Crippen molar-refractivity contribution in [2.45, 2.75) is 25.9 Å². The van der Waals surface area contributed by atoms with Gasteiger partial charge >= 0.3 is 5.76 Å². The Labute approximate surface area is 136 Å². The van der Waals surface area contributed by atoms with Gasteiger partial charge in [-0.25, -0.2) is 4.79 Å². The van der Waals surface area contributed by atoms with Crippen LogP contribution in [0.4, 0.5) is 0 Å². The zero-order valence-corrected chi connectivity index (χ0v) is 13.5. The third-order valence-corrected chi connectivity index (χ3v) is 5.41. The van der Waals surface area contributed by atoms with E-state index in [4.69, 9.17) is 4.42 Å². The maximum absolute atomic E-state index is 12.9. The van der Waals surface area contributed by atoms with Gasteiger partial charge in [-0.1, -0.05) is 12.1 Å². The first-order chi connectivity index (χ1) is 11.1. The summed E-state index contributed by atoms with van der Waals surface area (Å²) in [5, 5.41) is 2.07. The highest BCUT2D eigenvalue weighted by molar-refractivity contribution is 7.10. The molecule has 3 heterocycles. The summed E-state index contributed by atoms with van der Waals surface area (Å²) in [4.78, 5) is 28.2. The number of hydrogen-bond donors (Lipinski definition) is 0. The van der Waals surface area contributed by atoms with Crippen molar-refractivity contribution in [2.75, 3.05) is 6.54 Å². The number of para-hydroxylation sites is 2. The van der Waals surface area contributed by atoms with Crippen LogP contribution >= 0.6 is 11.3 Å². The Bertz CT molecular complexity index is 937. The van der Waals surface area contributed by atoms with Crippen LogP contribution in [-0.4, -0.2) is 21.9 Å². The van der Waals surface area contributed by atoms with Crippen LogP contribution < -0.4 is 5.76 Å². The number of amides is 1. The van der Waals surface area contributed by atoms with Crippen molar-refractivity contribution in [1.82, 2.24) is 9.47 Å². The second-order valence-corrected chi connectivity index (χ2v) is 6.76. The van der Waals surface area contributed by atoms with Gasteiger partial charge in [0.25, 0.3) is 0 Å². The highest BCUT2D eigenvalue weighted by Gasteiger charge is 2.28. The van der Waals surface area contributed by atoms with Gasteiger partial charge in [-0.15, -0.1) is 11.3 Å². The number of carbonyl (C=O) groups excluding carboxylic acids is 1. The second kappa shape index (κ2) is 5.38. The molecule has 1 aromatic carbocycles. The zero-order valence-electron chi connectivity index (χ0n) is 12.7. The summed E-state index contributed by atoms with van der Waals surface area (Å²) in [6.45, 7) is 3.07. The minimum atomic E-state index is -0.577. The average Bonchev–Trinajstić information content (AvgIpc) is 3.15. The molecule has 0 radical (unpaired) electrons. The molecule has 1 atom stereocenters. The molecule has 1 amide bonds. The van der Waals surface area contributed by atoms with Gasteiger partial charge in [0.05, 0.1) is 5.52 Å². The molecule has 6 heteroatoms. The van der Waals surface area contributed by atoms with E-state index in [1.165, 1.54) is 15.0 Å². The van der Waals surface area contributed by atoms with Crippen LogP contribution in [0.2, 0.25) is 0 Å². The highest BCUT2D eigenvalue weighted by Crippen LogP contribution is 2.26. The van der Waals surface area contributed by atoms with Crippen molar-refractivity contribution in [3.05, 3.63) is 56.7 Å². The van der Waals surface area contributed by atoms with Gasteiger partial charge in [0.1, 0.15) is 6.04 Å². The van der Waals surface area contributed by atoms with Crippen molar-refractivity contribution in [1.29, 1.82) is 0 Å². The topological polar surface area (TPSA) is 55.5 Å². The van der Waals surface area contributed by atoms with E-state index in [1.807, 2.05) is 17.0 Å². The molecule has 1 aliphatic rings. The molecule has 0 bridgehead atoms. The first kappa shape index (κ1) is 14.3. The Kier molecular flexibility index (Phi) is 3.34. The fourth-order valence-electron chi connectivity index (χ4n) is 3.16. The number of nitrogens with zero attached hydrogens (tertiary/aromatic N) is 2. The Morgan fingerprint density at radius 1 is 1.30 bits per heavy atom. The maximum atomic E-state index is 12.9. The van der Waals surface area contributed by atoms with Gasteiger partial charge in [0.2, 0.25) is 5.91 Å². The molecule has 0 saturated carbocycles. The maximum Gasteiger partial charge on any atom is 0.420 e. The van der Waals surface area contributed by atoms with E-state index in [0.717, 1.165) is 6.42 Å². The summed E-state index contributed by atoms with van der Waals surface area (Å²) in [6.07, 6.45) is 0.881. The van der Waals surface area contributed by atoms with Crippen LogP contribution in [0.1, 0.15) is 23.4 Å². The number of benzene rings is 1. The second-order valence-electron chi connectivity index (χ2n) is 5.76. The summed E-state index contributed by atoms with van der Waals surface area (Å²) in [7, 11) is 0. The Hall–Kier alpha value is -2.34. The summed E-state index contributed by atoms with van der Waals surface area (Å²) >= 11 is 1.74. The van der Waals surface area contributed by atoms with E-state index in [2.05, 4.69) is 11.4 Å². The Morgan fingerprint density at radius 3 is 3.00 bits per heavy atom. The zero-order chi connectivity index (χ0) is 16.0. The van der Waals surface area contributed by atoms with Gasteiger partial charge < -0.3 is 9.32 Å². The summed E-state index contributed by atoms with van der Waals surface area (Å²) in [5.41, 5.74) is 2.38. The lowest BCUT2D eigenvalue weighted by Gasteiger charge is -2.29. The molecular weight excluding hydrogens is 312 g/mol. The molecule has 0 saturated heterocycles. The molecule has 118 valence electrons. The molecule has 0 fully saturated rings. The Morgan fingerprint density at radius 2 is 2.13 bits per heavy atom. The predicted molar refractivity (Wildman–Crippen MR) is 88.6 cm³/mol. The highest BCUT2D eigenvalue weighted by atomic mass is 32.1. The third kappa shape index (κ3) is 2.30. The standard InChI is InChI=1S/C17H16N2O3S/c1-11(19-13-4-2-3-5-14(13)22-17(19)21)16(20)18-8-6-15-12(10-18)7-9-23-15/h2-5,7,9,11H,6,8,10H2,1H3/t11-/m0/s1. The molecule has 4 rings (SSSR count). The number of hydrogen-bond acceptors (Lipinski definition) is 4. The van der Waals surface area contributed by atoms with Crippen LogP contribution in [0.3, 0.4) is 0 Å². The fourth-order valence-corrected chi connectivity index (χ4v) is 4.05. The van der Waals surface area contributed by atoms with Gasteiger partial charge in [0.15, 0.2) is 5.58 Å². The summed E-state index contributed by atoms with van der Waals surface area (Å²) in [6, 6.07) is 8.68. The largest absolute Gasteiger partial charge is 0.420 e. The fraction of sp³-hybridized carbons (Fsp3) is 0.294. The lowest BCUT2D eigenvalue weighted by Crippen LogP contribution is -2.40. The molecule has 5 nitrogen and oxygen atoms in total. The molecule has 1 aliphatic heterocycles. The lowest BCUT2D eigenvalue weighted by atomic mass is 10.1. The lowest BCUT2D eigenvalue weighted by molar-refractivity contribution is -0.135. The van der Waals surface area contributed by atoms with E-state index in [0.29, 0.717) is 24.2 Å². The van der Waals surface area contributed by atoms with Crippen molar-refractivity contribution >= 4 is 28.3 Å². The van der Waals surface area contributed by atoms with Crippen LogP contribution in [0.15, 0.2) is 44.9 Å². The van der Waals surface area contributed by atoms with Crippen LogP contribution in [0, 0.1) is 0 Å². The molecule has 0 unspecified atom stereocenters. The normalized spacial score (nSPS) is 15.6. The molecule has 0 aliphatic carbocycles. The van der Waals surface area contributed by atoms with Crippen LogP contribution in [-0.2, 0) is 17.8 Å². The van der Waals surface area contributed by atoms with Crippen molar-refractivity contribution in [2.24, 2.45) is 0 Å². The number of fused-ring (bicyclic) bond motifs is 2. The number of thiophene rings is 1. The van der Waals surface area contributed by atoms with E-state index < -0.39 is 11.8 Å². The van der Waals surface area contributed by atoms with Crippen molar-refractivity contribution in [3.63, 3.8) is 0 Å². The minimum absolute atomic E-state index is 0.0458. The number of aromatic nitrogens is 1. The monoisotopic (exact) mass is 328 g/mol. The molecule has 0 spiro atoms. The smallest absolute Gasteiger partial charge is 0.408 e. The SMILES string of the molecule is C[C@@H](C(=O)N1CCc2sccc2C1)n1c(=O)oc2ccccc21. The van der Waals surface area contributed by atoms with Crippen molar-refractivity contribution < 1.29 is 9.21 Å². The van der Waals surface area contributed by atoms with E-state index in [-0.39, 0.29) is 5.91 Å². The molecular formula is C17H16N2O3S. The molecule has 0 N–H and O–H groups in total. The quantitative estimate of drug-likeness (QED) is 0.727. The summed E-state index contributed by atoms with van der Waals surface area (Å²) < 4.78 is 6.69. The van der Waals surface area contributed by atoms with Gasteiger partial charge in [0, 0.05) is 18.0 Å². The van der Waals surface area contributed by atoms with Gasteiger partial charge in [-0.3, -0.25) is 9.36 Å². The number of rotatable bonds is 2. The first-order valence-corrected chi connectivity index (χ1v) is 8.47. The minimum Gasteiger partial charge on any atom is -0.408 e. The van der Waals surface area contributed by atoms with Gasteiger partial charge in [-0.05, 0) is 42.5 Å². The van der Waals surface area contributed by atoms with Crippen LogP contribution in [0.25, 0.3) is 11.1 Å². The number of oxazole rings is 1. The van der Waals surface area contributed by atoms with E-state index in [1.54, 1.807) is 30.4 Å². The molecule has 3 aromatic rings. The van der Waals surface area contributed by atoms with Crippen LogP contribution in [0.5, 0.6) is 0 Å². The predicted octanol–water partition coefficient (Wildman–Crippen LogP) is 2.80. The van der Waals surface area contributed by atoms with E-state index in [9.17, 15) is 9.59 Å². The first-order valence-electron chi connectivity index (χ1n) is 7.59. The van der Waals surface area contributed by atoms with Gasteiger partial charge in [-0.2, -0.15) is 0 Å².